The maximum absolute atomic E-state index is 12.2. The minimum atomic E-state index is -0.999. The lowest BCUT2D eigenvalue weighted by Crippen LogP contribution is -2.37. The first-order valence-electron chi connectivity index (χ1n) is 8.05. The first-order valence-corrected chi connectivity index (χ1v) is 8.05. The molecule has 0 aliphatic rings. The van der Waals surface area contributed by atoms with Crippen LogP contribution in [-0.4, -0.2) is 30.6 Å². The van der Waals surface area contributed by atoms with Crippen molar-refractivity contribution in [2.24, 2.45) is 0 Å². The van der Waals surface area contributed by atoms with Crippen LogP contribution in [0.1, 0.15) is 35.3 Å². The number of amides is 1. The quantitative estimate of drug-likeness (QED) is 0.812. The zero-order chi connectivity index (χ0) is 18.4. The molecule has 0 aliphatic heterocycles. The van der Waals surface area contributed by atoms with Gasteiger partial charge in [0.2, 0.25) is 5.91 Å². The highest BCUT2D eigenvalue weighted by atomic mass is 16.5. The van der Waals surface area contributed by atoms with Gasteiger partial charge in [-0.3, -0.25) is 4.79 Å². The molecule has 0 aliphatic carbocycles. The molecular weight excluding hydrogens is 318 g/mol. The number of hydrogen-bond acceptors (Lipinski definition) is 3. The van der Waals surface area contributed by atoms with Crippen LogP contribution in [0.25, 0.3) is 0 Å². The molecule has 0 atom stereocenters. The molecular formula is C20H23NO4. The normalized spacial score (nSPS) is 11.0. The zero-order valence-corrected chi connectivity index (χ0v) is 14.7. The maximum atomic E-state index is 12.2. The van der Waals surface area contributed by atoms with Crippen LogP contribution >= 0.6 is 0 Å². The van der Waals surface area contributed by atoms with Gasteiger partial charge in [-0.15, -0.1) is 0 Å². The van der Waals surface area contributed by atoms with E-state index < -0.39 is 5.97 Å². The first kappa shape index (κ1) is 18.5. The third-order valence-electron chi connectivity index (χ3n) is 4.12. The average Bonchev–Trinajstić information content (AvgIpc) is 2.60. The van der Waals surface area contributed by atoms with Crippen molar-refractivity contribution in [3.63, 3.8) is 0 Å². The van der Waals surface area contributed by atoms with Gasteiger partial charge in [0.25, 0.3) is 0 Å². The molecule has 0 radical (unpaired) electrons. The van der Waals surface area contributed by atoms with Crippen molar-refractivity contribution in [2.75, 3.05) is 13.7 Å². The number of carbonyl (C=O) groups excluding carboxylic acids is 1. The summed E-state index contributed by atoms with van der Waals surface area (Å²) in [6.45, 7) is 4.57. The van der Waals surface area contributed by atoms with E-state index in [0.29, 0.717) is 12.1 Å². The van der Waals surface area contributed by atoms with Gasteiger partial charge in [-0.1, -0.05) is 38.1 Å². The average molecular weight is 341 g/mol. The number of hydrogen-bond donors (Lipinski definition) is 2. The number of rotatable bonds is 7. The third kappa shape index (κ3) is 5.08. The lowest BCUT2D eigenvalue weighted by atomic mass is 9.84. The number of carbonyl (C=O) groups is 2. The van der Waals surface area contributed by atoms with Gasteiger partial charge in [-0.05, 0) is 35.4 Å². The Morgan fingerprint density at radius 1 is 1.12 bits per heavy atom. The van der Waals surface area contributed by atoms with E-state index in [9.17, 15) is 9.59 Å². The lowest BCUT2D eigenvalue weighted by Gasteiger charge is -2.26. The van der Waals surface area contributed by atoms with Gasteiger partial charge in [0.15, 0.2) is 0 Å². The zero-order valence-electron chi connectivity index (χ0n) is 14.7. The second kappa shape index (κ2) is 7.83. The Labute approximate surface area is 147 Å². The summed E-state index contributed by atoms with van der Waals surface area (Å²) < 4.78 is 5.25. The first-order chi connectivity index (χ1) is 11.8. The predicted octanol–water partition coefficient (Wildman–Crippen LogP) is 3.03. The maximum Gasteiger partial charge on any atom is 0.335 e. The van der Waals surface area contributed by atoms with Crippen LogP contribution in [0.15, 0.2) is 48.5 Å². The summed E-state index contributed by atoms with van der Waals surface area (Å²) in [4.78, 5) is 23.2. The molecule has 0 saturated carbocycles. The smallest absolute Gasteiger partial charge is 0.335 e. The standard InChI is InChI=1S/C20H23NO4/c1-20(2,16-8-5-9-17(12-16)25-3)13-21-18(22)11-14-6-4-7-15(10-14)19(23)24/h4-10,12H,11,13H2,1-3H3,(H,21,22)(H,23,24). The Bertz CT molecular complexity index is 768. The van der Waals surface area contributed by atoms with Crippen LogP contribution in [0.5, 0.6) is 5.75 Å². The topological polar surface area (TPSA) is 75.6 Å². The van der Waals surface area contributed by atoms with Crippen molar-refractivity contribution in [1.82, 2.24) is 5.32 Å². The van der Waals surface area contributed by atoms with E-state index in [-0.39, 0.29) is 23.3 Å². The van der Waals surface area contributed by atoms with Crippen molar-refractivity contribution in [2.45, 2.75) is 25.7 Å². The summed E-state index contributed by atoms with van der Waals surface area (Å²) in [5, 5.41) is 11.9. The second-order valence-corrected chi connectivity index (χ2v) is 6.57. The molecule has 2 aromatic rings. The highest BCUT2D eigenvalue weighted by Gasteiger charge is 2.22. The van der Waals surface area contributed by atoms with Gasteiger partial charge in [-0.25, -0.2) is 4.79 Å². The Morgan fingerprint density at radius 2 is 1.84 bits per heavy atom. The van der Waals surface area contributed by atoms with Crippen molar-refractivity contribution < 1.29 is 19.4 Å². The van der Waals surface area contributed by atoms with E-state index in [1.165, 1.54) is 12.1 Å². The Kier molecular flexibility index (Phi) is 5.80. The molecule has 0 fully saturated rings. The van der Waals surface area contributed by atoms with Crippen molar-refractivity contribution in [3.05, 3.63) is 65.2 Å². The van der Waals surface area contributed by atoms with Gasteiger partial charge in [0.05, 0.1) is 19.1 Å². The molecule has 2 aromatic carbocycles. The van der Waals surface area contributed by atoms with E-state index in [0.717, 1.165) is 11.3 Å². The monoisotopic (exact) mass is 341 g/mol. The number of methoxy groups -OCH3 is 1. The summed E-state index contributed by atoms with van der Waals surface area (Å²) in [7, 11) is 1.62. The van der Waals surface area contributed by atoms with Crippen LogP contribution in [0.4, 0.5) is 0 Å². The fraction of sp³-hybridized carbons (Fsp3) is 0.300. The molecule has 1 amide bonds. The number of aromatic carboxylic acids is 1. The Hall–Kier alpha value is -2.82. The molecule has 0 unspecified atom stereocenters. The van der Waals surface area contributed by atoms with Gasteiger partial charge in [0, 0.05) is 12.0 Å². The largest absolute Gasteiger partial charge is 0.497 e. The highest BCUT2D eigenvalue weighted by molar-refractivity contribution is 5.88. The van der Waals surface area contributed by atoms with Gasteiger partial charge in [-0.2, -0.15) is 0 Å². The molecule has 0 heterocycles. The van der Waals surface area contributed by atoms with Crippen molar-refractivity contribution >= 4 is 11.9 Å². The van der Waals surface area contributed by atoms with E-state index in [1.807, 2.05) is 38.1 Å². The predicted molar refractivity (Wildman–Crippen MR) is 96.1 cm³/mol. The molecule has 2 rings (SSSR count). The molecule has 0 spiro atoms. The molecule has 0 aromatic heterocycles. The molecule has 0 saturated heterocycles. The number of nitrogens with one attached hydrogen (secondary N) is 1. The Balaban J connectivity index is 1.98. The van der Waals surface area contributed by atoms with Crippen LogP contribution in [0.2, 0.25) is 0 Å². The van der Waals surface area contributed by atoms with E-state index in [2.05, 4.69) is 5.32 Å². The molecule has 5 nitrogen and oxygen atoms in total. The number of benzene rings is 2. The Morgan fingerprint density at radius 3 is 2.52 bits per heavy atom. The van der Waals surface area contributed by atoms with Crippen molar-refractivity contribution in [1.29, 1.82) is 0 Å². The number of ether oxygens (including phenoxy) is 1. The third-order valence-corrected chi connectivity index (χ3v) is 4.12. The fourth-order valence-corrected chi connectivity index (χ4v) is 2.53. The summed E-state index contributed by atoms with van der Waals surface area (Å²) in [6, 6.07) is 14.2. The minimum absolute atomic E-state index is 0.140. The fourth-order valence-electron chi connectivity index (χ4n) is 2.53. The van der Waals surface area contributed by atoms with Gasteiger partial charge >= 0.3 is 5.97 Å². The minimum Gasteiger partial charge on any atom is -0.497 e. The second-order valence-electron chi connectivity index (χ2n) is 6.57. The molecule has 0 bridgehead atoms. The highest BCUT2D eigenvalue weighted by Crippen LogP contribution is 2.25. The van der Waals surface area contributed by atoms with Gasteiger partial charge in [0.1, 0.15) is 5.75 Å². The molecule has 5 heteroatoms. The van der Waals surface area contributed by atoms with E-state index >= 15 is 0 Å². The van der Waals surface area contributed by atoms with Crippen LogP contribution < -0.4 is 10.1 Å². The van der Waals surface area contributed by atoms with Crippen LogP contribution in [0, 0.1) is 0 Å². The van der Waals surface area contributed by atoms with Crippen molar-refractivity contribution in [3.8, 4) is 5.75 Å². The number of carboxylic acid groups (broad SMARTS) is 1. The van der Waals surface area contributed by atoms with Crippen LogP contribution in [0.3, 0.4) is 0 Å². The van der Waals surface area contributed by atoms with E-state index in [1.54, 1.807) is 19.2 Å². The summed E-state index contributed by atoms with van der Waals surface area (Å²) >= 11 is 0. The van der Waals surface area contributed by atoms with Gasteiger partial charge < -0.3 is 15.2 Å². The summed E-state index contributed by atoms with van der Waals surface area (Å²) in [5.74, 6) is -0.359. The SMILES string of the molecule is COc1cccc(C(C)(C)CNC(=O)Cc2cccc(C(=O)O)c2)c1. The summed E-state index contributed by atoms with van der Waals surface area (Å²) in [6.07, 6.45) is 0.148. The number of carboxylic acids is 1. The summed E-state index contributed by atoms with van der Waals surface area (Å²) in [5.41, 5.74) is 1.67. The molecule has 2 N–H and O–H groups in total. The van der Waals surface area contributed by atoms with Crippen LogP contribution in [-0.2, 0) is 16.6 Å². The van der Waals surface area contributed by atoms with E-state index in [4.69, 9.17) is 9.84 Å². The lowest BCUT2D eigenvalue weighted by molar-refractivity contribution is -0.120. The molecule has 132 valence electrons. The molecule has 25 heavy (non-hydrogen) atoms.